The molecule has 0 fully saturated rings. The van der Waals surface area contributed by atoms with Crippen LogP contribution in [-0.2, 0) is 0 Å². The predicted molar refractivity (Wildman–Crippen MR) is 29.2 cm³/mol. The molecule has 0 aromatic rings. The van der Waals surface area contributed by atoms with Crippen LogP contribution in [0.25, 0.3) is 0 Å². The summed E-state index contributed by atoms with van der Waals surface area (Å²) in [5, 5.41) is 8.33. The first-order chi connectivity index (χ1) is 3.35. The summed E-state index contributed by atoms with van der Waals surface area (Å²) in [7, 11) is 0. The molecule has 1 N–H and O–H groups in total. The fourth-order valence-corrected chi connectivity index (χ4v) is 0.387. The minimum Gasteiger partial charge on any atom is -0.551 e. The Balaban J connectivity index is 0. The second-order valence-electron chi connectivity index (χ2n) is 1.34. The molecule has 0 radical (unpaired) electrons. The Bertz CT molecular complexity index is 33.9. The maximum atomic E-state index is 8.33. The van der Waals surface area contributed by atoms with Crippen LogP contribution in [0, 0.1) is 6.73 Å². The molecule has 0 atom stereocenters. The van der Waals surface area contributed by atoms with Gasteiger partial charge in [0.2, 0.25) is 0 Å². The third-order valence-electron chi connectivity index (χ3n) is 0.976. The summed E-state index contributed by atoms with van der Waals surface area (Å²) < 4.78 is 0. The number of hydrogen-bond acceptors (Lipinski definition) is 2. The molecule has 0 saturated carbocycles. The molecule has 0 saturated heterocycles. The van der Waals surface area contributed by atoms with E-state index in [1.165, 1.54) is 0 Å². The zero-order valence-electron chi connectivity index (χ0n) is 5.59. The van der Waals surface area contributed by atoms with Gasteiger partial charge in [-0.15, -0.1) is 0 Å². The predicted octanol–water partition coefficient (Wildman–Crippen LogP) is 0.820. The van der Waals surface area contributed by atoms with Gasteiger partial charge < -0.3 is 10.0 Å². The van der Waals surface area contributed by atoms with Gasteiger partial charge in [0.25, 0.3) is 0 Å². The van der Waals surface area contributed by atoms with E-state index >= 15 is 0 Å². The van der Waals surface area contributed by atoms with Crippen molar-refractivity contribution in [1.29, 1.82) is 0 Å². The number of aliphatic hydroxyl groups is 1. The number of aliphatic hydroxyl groups excluding tert-OH is 1. The summed E-state index contributed by atoms with van der Waals surface area (Å²) >= 11 is 0. The van der Waals surface area contributed by atoms with Crippen molar-refractivity contribution in [3.05, 3.63) is 6.73 Å². The standard InChI is InChI=1S/C5H12NO.Rf/c1-3-6(4-2)5-7;/h5,7H,3-4H2,1-2H3;/q-1;. The van der Waals surface area contributed by atoms with Crippen LogP contribution in [0.15, 0.2) is 0 Å². The van der Waals surface area contributed by atoms with Gasteiger partial charge in [0.1, 0.15) is 0 Å². The van der Waals surface area contributed by atoms with Crippen molar-refractivity contribution in [1.82, 2.24) is 4.90 Å². The fourth-order valence-electron chi connectivity index (χ4n) is 0.387. The average Bonchev–Trinajstić information content (AvgIpc) is 1.72. The fraction of sp³-hybridized carbons (Fsp3) is 0.800. The third-order valence-corrected chi connectivity index (χ3v) is 0.976. The monoisotopic (exact) mass is 369 g/mol. The largest absolute Gasteiger partial charge is 0.551 e. The van der Waals surface area contributed by atoms with Crippen LogP contribution in [0.3, 0.4) is 0 Å². The summed E-state index contributed by atoms with van der Waals surface area (Å²) in [5.41, 5.74) is 0. The van der Waals surface area contributed by atoms with Gasteiger partial charge in [-0.3, -0.25) is 0 Å². The molecule has 0 bridgehead atoms. The van der Waals surface area contributed by atoms with Crippen molar-refractivity contribution in [2.75, 3.05) is 13.1 Å². The smallest absolute Gasteiger partial charge is 0 e. The van der Waals surface area contributed by atoms with E-state index in [0.717, 1.165) is 19.8 Å². The summed E-state index contributed by atoms with van der Waals surface area (Å²) in [6.07, 6.45) is 0. The van der Waals surface area contributed by atoms with Gasteiger partial charge in [-0.05, 0) is 13.1 Å². The van der Waals surface area contributed by atoms with Crippen molar-refractivity contribution in [3.8, 4) is 0 Å². The Morgan fingerprint density at radius 2 is 1.75 bits per heavy atom. The van der Waals surface area contributed by atoms with E-state index < -0.39 is 0 Å². The Hall–Kier alpha value is -1.08. The van der Waals surface area contributed by atoms with E-state index in [-0.39, 0.29) is 0 Å². The van der Waals surface area contributed by atoms with Crippen LogP contribution < -0.4 is 0 Å². The summed E-state index contributed by atoms with van der Waals surface area (Å²) in [4.78, 5) is 1.81. The molecule has 0 rings (SSSR count). The van der Waals surface area contributed by atoms with E-state index in [1.54, 1.807) is 4.90 Å². The van der Waals surface area contributed by atoms with E-state index in [2.05, 4.69) is 0 Å². The molecule has 0 heterocycles. The molecule has 0 spiro atoms. The molecule has 0 aliphatic heterocycles. The zero-order chi connectivity index (χ0) is 5.70. The summed E-state index contributed by atoms with van der Waals surface area (Å²) in [5.74, 6) is 0. The third kappa shape index (κ3) is 3.12. The Morgan fingerprint density at radius 1 is 1.38 bits per heavy atom. The molecule has 3 heteroatoms. The molecule has 46 valence electrons. The number of hydrogen-bond donors (Lipinski definition) is 1. The van der Waals surface area contributed by atoms with Crippen LogP contribution in [0.5, 0.6) is 0 Å². The quantitative estimate of drug-likeness (QED) is 0.745. The van der Waals surface area contributed by atoms with Gasteiger partial charge in [-0.25, -0.2) is 0 Å². The molecular formula is C5H12NORf-. The summed E-state index contributed by atoms with van der Waals surface area (Å²) in [6, 6.07) is 0. The molecule has 8 heavy (non-hydrogen) atoms. The van der Waals surface area contributed by atoms with Crippen LogP contribution in [0.2, 0.25) is 0 Å². The zero-order valence-corrected chi connectivity index (χ0v) is 12.0. The second kappa shape index (κ2) is 5.92. The SMILES string of the molecule is CCN([CH-]O)CC.[Rf]. The van der Waals surface area contributed by atoms with Crippen molar-refractivity contribution < 1.29 is 5.11 Å². The van der Waals surface area contributed by atoms with Crippen molar-refractivity contribution >= 4 is 0 Å². The van der Waals surface area contributed by atoms with Crippen LogP contribution >= 0.6 is 0 Å². The molecule has 2 nitrogen and oxygen atoms in total. The van der Waals surface area contributed by atoms with Gasteiger partial charge in [-0.1, -0.05) is 13.8 Å². The van der Waals surface area contributed by atoms with Crippen LogP contribution in [0.4, 0.5) is 0 Å². The van der Waals surface area contributed by atoms with Gasteiger partial charge >= 0.3 is 0 Å². The van der Waals surface area contributed by atoms with Crippen molar-refractivity contribution in [2.24, 2.45) is 0 Å². The topological polar surface area (TPSA) is 23.5 Å². The molecule has 0 aromatic heterocycles. The second-order valence-corrected chi connectivity index (χ2v) is 1.34. The average molecular weight is 369 g/mol. The molecule has 0 aliphatic rings. The molecule has 0 amide bonds. The molecule has 0 aliphatic carbocycles. The van der Waals surface area contributed by atoms with Gasteiger partial charge in [0.05, 0.1) is 0 Å². The van der Waals surface area contributed by atoms with E-state index in [4.69, 9.17) is 5.11 Å². The van der Waals surface area contributed by atoms with Crippen LogP contribution in [-0.4, -0.2) is 23.1 Å². The maximum Gasteiger partial charge on any atom is 0 e. The molecule has 0 aromatic carbocycles. The van der Waals surface area contributed by atoms with Gasteiger partial charge in [-0.2, -0.15) is 6.73 Å². The Morgan fingerprint density at radius 3 is 1.75 bits per heavy atom. The first kappa shape index (κ1) is 10.0. The first-order valence-corrected chi connectivity index (χ1v) is 2.56. The van der Waals surface area contributed by atoms with Gasteiger partial charge in [0.15, 0.2) is 0 Å². The van der Waals surface area contributed by atoms with E-state index in [0.29, 0.717) is 0 Å². The first-order valence-electron chi connectivity index (χ1n) is 2.56. The van der Waals surface area contributed by atoms with E-state index in [9.17, 15) is 0 Å². The van der Waals surface area contributed by atoms with Crippen LogP contribution in [0.1, 0.15) is 13.8 Å². The number of rotatable bonds is 3. The Kier molecular flexibility index (Phi) is 7.41. The Labute approximate surface area is 44.8 Å². The maximum absolute atomic E-state index is 8.33. The minimum atomic E-state index is 0. The van der Waals surface area contributed by atoms with Gasteiger partial charge in [0, 0.05) is 0 Å². The molecular weight excluding hydrogens is 357 g/mol. The minimum absolute atomic E-state index is 0. The summed E-state index contributed by atoms with van der Waals surface area (Å²) in [6.45, 7) is 6.87. The number of nitrogens with zero attached hydrogens (tertiary/aromatic N) is 1. The van der Waals surface area contributed by atoms with E-state index in [1.807, 2.05) is 13.8 Å². The molecule has 0 unspecified atom stereocenters. The van der Waals surface area contributed by atoms with Crippen molar-refractivity contribution in [3.63, 3.8) is 0 Å². The van der Waals surface area contributed by atoms with Crippen molar-refractivity contribution in [2.45, 2.75) is 13.8 Å². The normalized spacial score (nSPS) is 9.00.